The number of hydrogen-bond donors (Lipinski definition) is 1. The molecule has 0 aromatic heterocycles. The van der Waals surface area contributed by atoms with Crippen LogP contribution in [-0.4, -0.2) is 48.3 Å². The molecule has 1 unspecified atom stereocenters. The van der Waals surface area contributed by atoms with E-state index in [1.165, 1.54) is 0 Å². The molecule has 1 saturated carbocycles. The second-order valence-corrected chi connectivity index (χ2v) is 7.91. The number of carbonyl (C=O) groups is 2. The molecule has 4 rings (SSSR count). The predicted molar refractivity (Wildman–Crippen MR) is 93.4 cm³/mol. The lowest BCUT2D eigenvalue weighted by Crippen LogP contribution is -2.37. The average molecular weight is 346 g/mol. The Bertz CT molecular complexity index is 654. The predicted octanol–water partition coefficient (Wildman–Crippen LogP) is 2.76. The Kier molecular flexibility index (Phi) is 4.50. The molecular formula is C18H22N2O3S. The van der Waals surface area contributed by atoms with Crippen LogP contribution >= 0.6 is 11.8 Å². The quantitative estimate of drug-likeness (QED) is 0.911. The smallest absolute Gasteiger partial charge is 0.254 e. The Labute approximate surface area is 146 Å². The SMILES string of the molecule is O=C1CCSc2ccc(C(=O)N(CC3CCOC3)C3CC3)cc2N1. The van der Waals surface area contributed by atoms with Crippen LogP contribution in [-0.2, 0) is 9.53 Å². The Hall–Kier alpha value is -1.53. The number of hydrogen-bond acceptors (Lipinski definition) is 4. The molecule has 3 aliphatic rings. The van der Waals surface area contributed by atoms with E-state index >= 15 is 0 Å². The molecule has 6 heteroatoms. The summed E-state index contributed by atoms with van der Waals surface area (Å²) < 4.78 is 5.46. The van der Waals surface area contributed by atoms with Gasteiger partial charge in [-0.2, -0.15) is 0 Å². The summed E-state index contributed by atoms with van der Waals surface area (Å²) in [5.74, 6) is 1.33. The molecule has 0 spiro atoms. The minimum absolute atomic E-state index is 0.0213. The van der Waals surface area contributed by atoms with Gasteiger partial charge in [-0.25, -0.2) is 0 Å². The van der Waals surface area contributed by atoms with Gasteiger partial charge >= 0.3 is 0 Å². The largest absolute Gasteiger partial charge is 0.381 e. The second kappa shape index (κ2) is 6.76. The second-order valence-electron chi connectivity index (χ2n) is 6.78. The molecule has 2 aliphatic heterocycles. The summed E-state index contributed by atoms with van der Waals surface area (Å²) in [5, 5.41) is 2.92. The number of carbonyl (C=O) groups excluding carboxylic acids is 2. The summed E-state index contributed by atoms with van der Waals surface area (Å²) in [6.07, 6.45) is 3.74. The highest BCUT2D eigenvalue weighted by molar-refractivity contribution is 7.99. The Morgan fingerprint density at radius 2 is 2.21 bits per heavy atom. The lowest BCUT2D eigenvalue weighted by Gasteiger charge is -2.25. The number of nitrogens with one attached hydrogen (secondary N) is 1. The van der Waals surface area contributed by atoms with Crippen LogP contribution in [0.5, 0.6) is 0 Å². The van der Waals surface area contributed by atoms with Crippen LogP contribution < -0.4 is 5.32 Å². The number of ether oxygens (including phenoxy) is 1. The van der Waals surface area contributed by atoms with Crippen LogP contribution in [0.25, 0.3) is 0 Å². The maximum absolute atomic E-state index is 13.0. The van der Waals surface area contributed by atoms with E-state index < -0.39 is 0 Å². The summed E-state index contributed by atoms with van der Waals surface area (Å²) >= 11 is 1.66. The fourth-order valence-corrected chi connectivity index (χ4v) is 4.25. The van der Waals surface area contributed by atoms with Crippen LogP contribution in [0.2, 0.25) is 0 Å². The molecule has 0 bridgehead atoms. The van der Waals surface area contributed by atoms with Gasteiger partial charge in [0.1, 0.15) is 0 Å². The first-order chi connectivity index (χ1) is 11.7. The topological polar surface area (TPSA) is 58.6 Å². The van der Waals surface area contributed by atoms with Gasteiger partial charge in [0.05, 0.1) is 12.3 Å². The van der Waals surface area contributed by atoms with E-state index in [0.717, 1.165) is 55.4 Å². The van der Waals surface area contributed by atoms with Gasteiger partial charge in [0, 0.05) is 47.7 Å². The van der Waals surface area contributed by atoms with E-state index in [2.05, 4.69) is 5.32 Å². The molecule has 1 atom stereocenters. The fraction of sp³-hybridized carbons (Fsp3) is 0.556. The first kappa shape index (κ1) is 16.0. The summed E-state index contributed by atoms with van der Waals surface area (Å²) in [6, 6.07) is 6.07. The van der Waals surface area contributed by atoms with Crippen LogP contribution in [0.1, 0.15) is 36.0 Å². The Morgan fingerprint density at radius 1 is 1.33 bits per heavy atom. The van der Waals surface area contributed by atoms with Gasteiger partial charge < -0.3 is 15.0 Å². The highest BCUT2D eigenvalue weighted by Crippen LogP contribution is 2.34. The zero-order valence-electron chi connectivity index (χ0n) is 13.6. The van der Waals surface area contributed by atoms with Crippen LogP contribution in [0, 0.1) is 5.92 Å². The molecule has 1 saturated heterocycles. The van der Waals surface area contributed by atoms with Crippen molar-refractivity contribution < 1.29 is 14.3 Å². The van der Waals surface area contributed by atoms with Crippen molar-refractivity contribution in [3.05, 3.63) is 23.8 Å². The number of anilines is 1. The Morgan fingerprint density at radius 3 is 2.96 bits per heavy atom. The van der Waals surface area contributed by atoms with Crippen molar-refractivity contribution in [3.63, 3.8) is 0 Å². The highest BCUT2D eigenvalue weighted by atomic mass is 32.2. The van der Waals surface area contributed by atoms with Crippen molar-refractivity contribution >= 4 is 29.3 Å². The van der Waals surface area contributed by atoms with Crippen LogP contribution in [0.3, 0.4) is 0 Å². The van der Waals surface area contributed by atoms with Gasteiger partial charge in [0.2, 0.25) is 5.91 Å². The zero-order valence-corrected chi connectivity index (χ0v) is 14.4. The number of nitrogens with zero attached hydrogens (tertiary/aromatic N) is 1. The molecule has 2 fully saturated rings. The molecule has 1 aliphatic carbocycles. The minimum Gasteiger partial charge on any atom is -0.381 e. The third kappa shape index (κ3) is 3.44. The van der Waals surface area contributed by atoms with E-state index in [1.54, 1.807) is 11.8 Å². The first-order valence-corrected chi connectivity index (χ1v) is 9.64. The normalized spacial score (nSPS) is 23.3. The molecule has 24 heavy (non-hydrogen) atoms. The van der Waals surface area contributed by atoms with E-state index in [0.29, 0.717) is 23.9 Å². The molecule has 128 valence electrons. The number of benzene rings is 1. The molecule has 5 nitrogen and oxygen atoms in total. The van der Waals surface area contributed by atoms with Crippen molar-refractivity contribution in [1.29, 1.82) is 0 Å². The lowest BCUT2D eigenvalue weighted by atomic mass is 10.1. The van der Waals surface area contributed by atoms with Crippen molar-refractivity contribution in [2.75, 3.05) is 30.8 Å². The molecule has 1 N–H and O–H groups in total. The molecule has 0 radical (unpaired) electrons. The average Bonchev–Trinajstić information content (AvgIpc) is 3.32. The lowest BCUT2D eigenvalue weighted by molar-refractivity contribution is -0.115. The molecule has 2 heterocycles. The van der Waals surface area contributed by atoms with Crippen LogP contribution in [0.15, 0.2) is 23.1 Å². The molecule has 1 aromatic carbocycles. The van der Waals surface area contributed by atoms with E-state index in [1.807, 2.05) is 23.1 Å². The van der Waals surface area contributed by atoms with Gasteiger partial charge in [-0.05, 0) is 37.5 Å². The van der Waals surface area contributed by atoms with Crippen molar-refractivity contribution in [2.24, 2.45) is 5.92 Å². The third-order valence-corrected chi connectivity index (χ3v) is 5.89. The summed E-state index contributed by atoms with van der Waals surface area (Å²) in [7, 11) is 0. The van der Waals surface area contributed by atoms with Gasteiger partial charge in [-0.15, -0.1) is 11.8 Å². The highest BCUT2D eigenvalue weighted by Gasteiger charge is 2.35. The Balaban J connectivity index is 1.54. The third-order valence-electron chi connectivity index (χ3n) is 4.81. The van der Waals surface area contributed by atoms with Crippen molar-refractivity contribution in [2.45, 2.75) is 36.6 Å². The van der Waals surface area contributed by atoms with Gasteiger partial charge in [-0.1, -0.05) is 0 Å². The maximum atomic E-state index is 13.0. The molecule has 1 aromatic rings. The minimum atomic E-state index is 0.0213. The van der Waals surface area contributed by atoms with Gasteiger partial charge in [0.15, 0.2) is 0 Å². The number of amides is 2. The summed E-state index contributed by atoms with van der Waals surface area (Å²) in [4.78, 5) is 27.9. The van der Waals surface area contributed by atoms with E-state index in [9.17, 15) is 9.59 Å². The monoisotopic (exact) mass is 346 g/mol. The van der Waals surface area contributed by atoms with Crippen molar-refractivity contribution in [3.8, 4) is 0 Å². The number of thioether (sulfide) groups is 1. The van der Waals surface area contributed by atoms with Gasteiger partial charge in [-0.3, -0.25) is 9.59 Å². The van der Waals surface area contributed by atoms with E-state index in [-0.39, 0.29) is 11.8 Å². The van der Waals surface area contributed by atoms with Gasteiger partial charge in [0.25, 0.3) is 5.91 Å². The first-order valence-electron chi connectivity index (χ1n) is 8.66. The van der Waals surface area contributed by atoms with Crippen LogP contribution in [0.4, 0.5) is 5.69 Å². The summed E-state index contributed by atoms with van der Waals surface area (Å²) in [6.45, 7) is 2.34. The molecular weight excluding hydrogens is 324 g/mol. The standard InChI is InChI=1S/C18H22N2O3S/c21-17-6-8-24-16-4-1-13(9-15(16)19-17)18(22)20(14-2-3-14)10-12-5-7-23-11-12/h1,4,9,12,14H,2-3,5-8,10-11H2,(H,19,21). The fourth-order valence-electron chi connectivity index (χ4n) is 3.31. The number of rotatable bonds is 4. The molecule has 2 amide bonds. The van der Waals surface area contributed by atoms with E-state index in [4.69, 9.17) is 4.74 Å². The summed E-state index contributed by atoms with van der Waals surface area (Å²) in [5.41, 5.74) is 1.44. The zero-order chi connectivity index (χ0) is 16.5. The maximum Gasteiger partial charge on any atom is 0.254 e. The van der Waals surface area contributed by atoms with Crippen molar-refractivity contribution in [1.82, 2.24) is 4.90 Å². The number of fused-ring (bicyclic) bond motifs is 1.